The van der Waals surface area contributed by atoms with Crippen LogP contribution < -0.4 is 5.73 Å². The van der Waals surface area contributed by atoms with Crippen molar-refractivity contribution in [2.45, 2.75) is 12.5 Å². The van der Waals surface area contributed by atoms with E-state index in [4.69, 9.17) is 40.5 Å². The first-order valence-electron chi connectivity index (χ1n) is 5.37. The molecule has 2 aromatic rings. The van der Waals surface area contributed by atoms with Crippen molar-refractivity contribution >= 4 is 34.8 Å². The Labute approximate surface area is 121 Å². The number of hydrogen-bond acceptors (Lipinski definition) is 2. The minimum absolute atomic E-state index is 0.195. The Morgan fingerprint density at radius 2 is 1.83 bits per heavy atom. The van der Waals surface area contributed by atoms with Gasteiger partial charge < -0.3 is 5.73 Å². The topological polar surface area (TPSA) is 38.9 Å². The molecule has 2 nitrogen and oxygen atoms in total. The Balaban J connectivity index is 2.13. The van der Waals surface area contributed by atoms with Crippen molar-refractivity contribution in [1.29, 1.82) is 0 Å². The summed E-state index contributed by atoms with van der Waals surface area (Å²) in [5.74, 6) is 0. The van der Waals surface area contributed by atoms with Gasteiger partial charge in [-0.1, -0.05) is 40.9 Å². The van der Waals surface area contributed by atoms with Gasteiger partial charge in [-0.2, -0.15) is 0 Å². The number of nitrogens with two attached hydrogens (primary N) is 1. The van der Waals surface area contributed by atoms with Gasteiger partial charge in [-0.3, -0.25) is 4.98 Å². The number of rotatable bonds is 3. The molecule has 0 spiro atoms. The normalized spacial score (nSPS) is 12.4. The number of benzene rings is 1. The molecule has 0 radical (unpaired) electrons. The Hall–Kier alpha value is -0.800. The van der Waals surface area contributed by atoms with E-state index in [1.165, 1.54) is 0 Å². The molecule has 2 N–H and O–H groups in total. The highest BCUT2D eigenvalue weighted by Gasteiger charge is 2.09. The average Bonchev–Trinajstić information content (AvgIpc) is 2.34. The minimum atomic E-state index is -0.195. The Kier molecular flexibility index (Phi) is 4.46. The summed E-state index contributed by atoms with van der Waals surface area (Å²) in [6, 6.07) is 8.90. The van der Waals surface area contributed by atoms with E-state index in [1.54, 1.807) is 18.3 Å². The van der Waals surface area contributed by atoms with Gasteiger partial charge in [0, 0.05) is 6.20 Å². The van der Waals surface area contributed by atoms with Gasteiger partial charge >= 0.3 is 0 Å². The maximum atomic E-state index is 6.08. The molecule has 18 heavy (non-hydrogen) atoms. The maximum Gasteiger partial charge on any atom is 0.0595 e. The lowest BCUT2D eigenvalue weighted by Gasteiger charge is -2.11. The van der Waals surface area contributed by atoms with Crippen LogP contribution in [0.4, 0.5) is 0 Å². The summed E-state index contributed by atoms with van der Waals surface area (Å²) in [6.07, 6.45) is 2.23. The summed E-state index contributed by atoms with van der Waals surface area (Å²) >= 11 is 17.6. The van der Waals surface area contributed by atoms with Gasteiger partial charge in [-0.25, -0.2) is 0 Å². The molecule has 2 rings (SSSR count). The van der Waals surface area contributed by atoms with Gasteiger partial charge in [-0.15, -0.1) is 0 Å². The Morgan fingerprint density at radius 1 is 1.06 bits per heavy atom. The van der Waals surface area contributed by atoms with Crippen molar-refractivity contribution in [3.8, 4) is 0 Å². The third kappa shape index (κ3) is 3.36. The molecule has 1 aromatic carbocycles. The highest BCUT2D eigenvalue weighted by atomic mass is 35.5. The standard InChI is InChI=1S/C13H11Cl3N2/c14-9-2-4-13(18-7-9)12(17)6-8-1-3-10(15)11(16)5-8/h1-5,7,12H,6,17H2. The van der Waals surface area contributed by atoms with E-state index in [0.717, 1.165) is 11.3 Å². The molecule has 94 valence electrons. The fourth-order valence-corrected chi connectivity index (χ4v) is 2.06. The zero-order valence-corrected chi connectivity index (χ0v) is 11.7. The molecule has 0 fully saturated rings. The van der Waals surface area contributed by atoms with Gasteiger partial charge in [0.1, 0.15) is 0 Å². The number of nitrogens with zero attached hydrogens (tertiary/aromatic N) is 1. The highest BCUT2D eigenvalue weighted by molar-refractivity contribution is 6.42. The van der Waals surface area contributed by atoms with Gasteiger partial charge in [0.05, 0.1) is 26.8 Å². The zero-order chi connectivity index (χ0) is 13.1. The molecule has 1 aromatic heterocycles. The second-order valence-electron chi connectivity index (χ2n) is 3.96. The second-order valence-corrected chi connectivity index (χ2v) is 5.21. The van der Waals surface area contributed by atoms with E-state index in [-0.39, 0.29) is 6.04 Å². The van der Waals surface area contributed by atoms with Crippen molar-refractivity contribution in [1.82, 2.24) is 4.98 Å². The first-order chi connectivity index (χ1) is 8.56. The van der Waals surface area contributed by atoms with Crippen molar-refractivity contribution in [3.05, 3.63) is 62.9 Å². The predicted molar refractivity (Wildman–Crippen MR) is 76.3 cm³/mol. The summed E-state index contributed by atoms with van der Waals surface area (Å²) < 4.78 is 0. The van der Waals surface area contributed by atoms with Crippen LogP contribution in [0, 0.1) is 0 Å². The molecular formula is C13H11Cl3N2. The third-order valence-electron chi connectivity index (χ3n) is 2.57. The molecule has 5 heteroatoms. The summed E-state index contributed by atoms with van der Waals surface area (Å²) in [4.78, 5) is 4.20. The molecule has 0 aliphatic carbocycles. The van der Waals surface area contributed by atoms with Gasteiger partial charge in [0.2, 0.25) is 0 Å². The van der Waals surface area contributed by atoms with E-state index in [2.05, 4.69) is 4.98 Å². The molecule has 1 heterocycles. The van der Waals surface area contributed by atoms with Crippen LogP contribution in [0.3, 0.4) is 0 Å². The highest BCUT2D eigenvalue weighted by Crippen LogP contribution is 2.24. The lowest BCUT2D eigenvalue weighted by atomic mass is 10.0. The van der Waals surface area contributed by atoms with Crippen LogP contribution in [0.15, 0.2) is 36.5 Å². The van der Waals surface area contributed by atoms with Crippen molar-refractivity contribution in [2.24, 2.45) is 5.73 Å². The van der Waals surface area contributed by atoms with E-state index < -0.39 is 0 Å². The summed E-state index contributed by atoms with van der Waals surface area (Å²) in [5.41, 5.74) is 7.90. The number of halogens is 3. The average molecular weight is 302 g/mol. The van der Waals surface area contributed by atoms with E-state index in [1.807, 2.05) is 18.2 Å². The smallest absolute Gasteiger partial charge is 0.0595 e. The van der Waals surface area contributed by atoms with E-state index >= 15 is 0 Å². The number of aromatic nitrogens is 1. The van der Waals surface area contributed by atoms with E-state index in [9.17, 15) is 0 Å². The largest absolute Gasteiger partial charge is 0.322 e. The molecule has 0 aliphatic rings. The summed E-state index contributed by atoms with van der Waals surface area (Å²) in [6.45, 7) is 0. The molecule has 0 bridgehead atoms. The summed E-state index contributed by atoms with van der Waals surface area (Å²) in [5, 5.41) is 1.67. The minimum Gasteiger partial charge on any atom is -0.322 e. The van der Waals surface area contributed by atoms with Gasteiger partial charge in [0.15, 0.2) is 0 Å². The first-order valence-corrected chi connectivity index (χ1v) is 6.50. The third-order valence-corrected chi connectivity index (χ3v) is 3.53. The fourth-order valence-electron chi connectivity index (χ4n) is 1.63. The Bertz CT molecular complexity index is 540. The molecular weight excluding hydrogens is 291 g/mol. The van der Waals surface area contributed by atoms with Crippen LogP contribution in [-0.2, 0) is 6.42 Å². The quantitative estimate of drug-likeness (QED) is 0.918. The monoisotopic (exact) mass is 300 g/mol. The second kappa shape index (κ2) is 5.89. The molecule has 0 aliphatic heterocycles. The van der Waals surface area contributed by atoms with Crippen LogP contribution in [-0.4, -0.2) is 4.98 Å². The lowest BCUT2D eigenvalue weighted by Crippen LogP contribution is -2.14. The van der Waals surface area contributed by atoms with Crippen LogP contribution in [0.1, 0.15) is 17.3 Å². The van der Waals surface area contributed by atoms with Gasteiger partial charge in [-0.05, 0) is 36.2 Å². The molecule has 0 amide bonds. The zero-order valence-electron chi connectivity index (χ0n) is 9.41. The van der Waals surface area contributed by atoms with Crippen LogP contribution in [0.25, 0.3) is 0 Å². The number of pyridine rings is 1. The van der Waals surface area contributed by atoms with Crippen LogP contribution >= 0.6 is 34.8 Å². The molecule has 1 atom stereocenters. The molecule has 0 saturated carbocycles. The number of hydrogen-bond donors (Lipinski definition) is 1. The first kappa shape index (κ1) is 13.6. The maximum absolute atomic E-state index is 6.08. The van der Waals surface area contributed by atoms with Gasteiger partial charge in [0.25, 0.3) is 0 Å². The van der Waals surface area contributed by atoms with Crippen LogP contribution in [0.5, 0.6) is 0 Å². The molecule has 0 saturated heterocycles. The Morgan fingerprint density at radius 3 is 2.44 bits per heavy atom. The van der Waals surface area contributed by atoms with E-state index in [0.29, 0.717) is 21.5 Å². The SMILES string of the molecule is NC(Cc1ccc(Cl)c(Cl)c1)c1ccc(Cl)cn1. The van der Waals surface area contributed by atoms with Crippen molar-refractivity contribution < 1.29 is 0 Å². The molecule has 1 unspecified atom stereocenters. The van der Waals surface area contributed by atoms with Crippen molar-refractivity contribution in [2.75, 3.05) is 0 Å². The predicted octanol–water partition coefficient (Wildman–Crippen LogP) is 4.28. The lowest BCUT2D eigenvalue weighted by molar-refractivity contribution is 0.696. The summed E-state index contributed by atoms with van der Waals surface area (Å²) in [7, 11) is 0. The van der Waals surface area contributed by atoms with Crippen molar-refractivity contribution in [3.63, 3.8) is 0 Å². The fraction of sp³-hybridized carbons (Fsp3) is 0.154. The van der Waals surface area contributed by atoms with Crippen LogP contribution in [0.2, 0.25) is 15.1 Å².